The van der Waals surface area contributed by atoms with Crippen LogP contribution < -0.4 is 10.1 Å². The van der Waals surface area contributed by atoms with Crippen LogP contribution in [0.15, 0.2) is 48.5 Å². The number of urea groups is 1. The molecule has 1 N–H and O–H groups in total. The molecule has 0 bridgehead atoms. The van der Waals surface area contributed by atoms with Crippen molar-refractivity contribution in [3.05, 3.63) is 59.1 Å². The molecule has 4 rings (SSSR count). The van der Waals surface area contributed by atoms with Crippen LogP contribution in [0.25, 0.3) is 0 Å². The van der Waals surface area contributed by atoms with Crippen molar-refractivity contribution in [2.75, 3.05) is 38.1 Å². The topological polar surface area (TPSA) is 44.8 Å². The molecule has 33 heavy (non-hydrogen) atoms. The van der Waals surface area contributed by atoms with E-state index in [1.54, 1.807) is 6.07 Å². The molecule has 0 unspecified atom stereocenters. The summed E-state index contributed by atoms with van der Waals surface area (Å²) in [6.07, 6.45) is 4.56. The van der Waals surface area contributed by atoms with Crippen LogP contribution in [0.1, 0.15) is 45.1 Å². The van der Waals surface area contributed by atoms with Gasteiger partial charge in [0.25, 0.3) is 0 Å². The number of nitrogens with zero attached hydrogens (tertiary/aromatic N) is 2. The van der Waals surface area contributed by atoms with Gasteiger partial charge in [0.15, 0.2) is 0 Å². The molecule has 6 heteroatoms. The van der Waals surface area contributed by atoms with Gasteiger partial charge in [0.2, 0.25) is 0 Å². The maximum absolute atomic E-state index is 12.7. The Labute approximate surface area is 203 Å². The molecule has 5 nitrogen and oxygen atoms in total. The second-order valence-electron chi connectivity index (χ2n) is 10.0. The lowest BCUT2D eigenvalue weighted by Crippen LogP contribution is -2.49. The van der Waals surface area contributed by atoms with E-state index in [-0.39, 0.29) is 6.03 Å². The number of piperidine rings is 2. The first kappa shape index (κ1) is 23.9. The third kappa shape index (κ3) is 6.42. The Morgan fingerprint density at radius 3 is 2.42 bits per heavy atom. The number of carbonyl (C=O) groups excluding carboxylic acids is 1. The molecule has 2 amide bonds. The number of hydrogen-bond acceptors (Lipinski definition) is 3. The van der Waals surface area contributed by atoms with Crippen molar-refractivity contribution in [3.63, 3.8) is 0 Å². The van der Waals surface area contributed by atoms with E-state index in [1.165, 1.54) is 18.4 Å². The molecule has 1 spiro atoms. The van der Waals surface area contributed by atoms with Crippen LogP contribution in [0.3, 0.4) is 0 Å². The fourth-order valence-electron chi connectivity index (χ4n) is 4.91. The number of nitrogens with one attached hydrogen (secondary N) is 1. The lowest BCUT2D eigenvalue weighted by atomic mass is 9.71. The number of benzene rings is 2. The van der Waals surface area contributed by atoms with Crippen LogP contribution in [0.2, 0.25) is 5.02 Å². The molecule has 2 aliphatic rings. The zero-order valence-electron chi connectivity index (χ0n) is 19.9. The number of ether oxygens (including phenoxy) is 1. The fourth-order valence-corrected chi connectivity index (χ4v) is 5.10. The molecule has 2 heterocycles. The Balaban J connectivity index is 1.25. The maximum atomic E-state index is 12.7. The van der Waals surface area contributed by atoms with Crippen molar-refractivity contribution < 1.29 is 9.53 Å². The average molecular weight is 470 g/mol. The summed E-state index contributed by atoms with van der Waals surface area (Å²) in [5.74, 6) is 1.54. The van der Waals surface area contributed by atoms with E-state index < -0.39 is 0 Å². The van der Waals surface area contributed by atoms with E-state index >= 15 is 0 Å². The minimum absolute atomic E-state index is 0.0254. The molecule has 0 aliphatic carbocycles. The Hall–Kier alpha value is -2.24. The van der Waals surface area contributed by atoms with Gasteiger partial charge in [-0.15, -0.1) is 0 Å². The van der Waals surface area contributed by atoms with E-state index in [0.717, 1.165) is 63.6 Å². The summed E-state index contributed by atoms with van der Waals surface area (Å²) < 4.78 is 6.06. The molecule has 178 valence electrons. The zero-order valence-corrected chi connectivity index (χ0v) is 20.6. The molecule has 2 aromatic rings. The molecule has 2 fully saturated rings. The molecular weight excluding hydrogens is 434 g/mol. The minimum Gasteiger partial charge on any atom is -0.493 e. The van der Waals surface area contributed by atoms with Gasteiger partial charge in [0.05, 0.1) is 6.61 Å². The van der Waals surface area contributed by atoms with E-state index in [0.29, 0.717) is 16.4 Å². The van der Waals surface area contributed by atoms with E-state index in [9.17, 15) is 4.79 Å². The molecule has 2 aliphatic heterocycles. The van der Waals surface area contributed by atoms with Gasteiger partial charge in [0.1, 0.15) is 5.75 Å². The van der Waals surface area contributed by atoms with Gasteiger partial charge in [-0.1, -0.05) is 49.7 Å². The molecule has 0 saturated carbocycles. The Kier molecular flexibility index (Phi) is 7.82. The summed E-state index contributed by atoms with van der Waals surface area (Å²) in [6.45, 7) is 9.90. The van der Waals surface area contributed by atoms with Crippen molar-refractivity contribution >= 4 is 23.3 Å². The highest BCUT2D eigenvalue weighted by Crippen LogP contribution is 2.41. The van der Waals surface area contributed by atoms with Gasteiger partial charge in [0, 0.05) is 35.9 Å². The third-order valence-electron chi connectivity index (χ3n) is 7.04. The highest BCUT2D eigenvalue weighted by molar-refractivity contribution is 6.30. The van der Waals surface area contributed by atoms with Crippen LogP contribution in [0.5, 0.6) is 5.75 Å². The average Bonchev–Trinajstić information content (AvgIpc) is 2.80. The monoisotopic (exact) mass is 469 g/mol. The number of amides is 2. The van der Waals surface area contributed by atoms with Crippen molar-refractivity contribution in [2.45, 2.75) is 46.1 Å². The molecule has 0 aromatic heterocycles. The first-order chi connectivity index (χ1) is 15.9. The maximum Gasteiger partial charge on any atom is 0.321 e. The highest BCUT2D eigenvalue weighted by atomic mass is 35.5. The van der Waals surface area contributed by atoms with E-state index in [1.807, 2.05) is 23.1 Å². The number of likely N-dealkylation sites (tertiary alicyclic amines) is 2. The van der Waals surface area contributed by atoms with Crippen LogP contribution >= 0.6 is 11.6 Å². The molecular formula is C27H36ClN3O2. The highest BCUT2D eigenvalue weighted by Gasteiger charge is 2.38. The van der Waals surface area contributed by atoms with Gasteiger partial charge in [-0.05, 0) is 74.4 Å². The van der Waals surface area contributed by atoms with Gasteiger partial charge >= 0.3 is 6.03 Å². The van der Waals surface area contributed by atoms with Gasteiger partial charge in [-0.3, -0.25) is 4.90 Å². The van der Waals surface area contributed by atoms with Crippen molar-refractivity contribution in [1.82, 2.24) is 9.80 Å². The molecule has 0 atom stereocenters. The quantitative estimate of drug-likeness (QED) is 0.541. The second kappa shape index (κ2) is 10.8. The first-order valence-corrected chi connectivity index (χ1v) is 12.5. The number of anilines is 1. The molecule has 2 aromatic carbocycles. The van der Waals surface area contributed by atoms with Crippen molar-refractivity contribution in [2.24, 2.45) is 11.3 Å². The lowest BCUT2D eigenvalue weighted by molar-refractivity contribution is 0.0439. The van der Waals surface area contributed by atoms with Crippen molar-refractivity contribution in [1.29, 1.82) is 0 Å². The number of hydrogen-bond donors (Lipinski definition) is 1. The summed E-state index contributed by atoms with van der Waals surface area (Å²) in [5, 5.41) is 3.61. The summed E-state index contributed by atoms with van der Waals surface area (Å²) in [5.41, 5.74) is 2.40. The Morgan fingerprint density at radius 1 is 1.03 bits per heavy atom. The number of rotatable bonds is 6. The summed E-state index contributed by atoms with van der Waals surface area (Å²) >= 11 is 6.04. The molecule has 2 saturated heterocycles. The second-order valence-corrected chi connectivity index (χ2v) is 10.5. The lowest BCUT2D eigenvalue weighted by Gasteiger charge is -2.47. The van der Waals surface area contributed by atoms with Crippen LogP contribution in [-0.2, 0) is 6.54 Å². The third-order valence-corrected chi connectivity index (χ3v) is 7.28. The van der Waals surface area contributed by atoms with Gasteiger partial charge in [-0.25, -0.2) is 4.79 Å². The van der Waals surface area contributed by atoms with Crippen molar-refractivity contribution in [3.8, 4) is 5.75 Å². The fraction of sp³-hybridized carbons (Fsp3) is 0.519. The van der Waals surface area contributed by atoms with Gasteiger partial charge < -0.3 is 15.0 Å². The van der Waals surface area contributed by atoms with Gasteiger partial charge in [-0.2, -0.15) is 0 Å². The molecule has 0 radical (unpaired) electrons. The van der Waals surface area contributed by atoms with Crippen LogP contribution in [0, 0.1) is 11.3 Å². The first-order valence-electron chi connectivity index (χ1n) is 12.2. The Bertz CT molecular complexity index is 930. The number of halogens is 1. The number of carbonyl (C=O) groups is 1. The van der Waals surface area contributed by atoms with E-state index in [4.69, 9.17) is 16.3 Å². The largest absolute Gasteiger partial charge is 0.493 e. The number of para-hydroxylation sites is 1. The smallest absolute Gasteiger partial charge is 0.321 e. The summed E-state index contributed by atoms with van der Waals surface area (Å²) in [7, 11) is 0. The Morgan fingerprint density at radius 2 is 1.73 bits per heavy atom. The van der Waals surface area contributed by atoms with E-state index in [2.05, 4.69) is 48.3 Å². The summed E-state index contributed by atoms with van der Waals surface area (Å²) in [6, 6.07) is 15.7. The SMILES string of the molecule is CC(C)COc1ccccc1CN1CCC2(CC1)CCN(C(=O)Nc1cccc(Cl)c1)CC2. The normalized spacial score (nSPS) is 18.5. The predicted molar refractivity (Wildman–Crippen MR) is 135 cm³/mol. The standard InChI is InChI=1S/C27H36ClN3O2/c1-21(2)20-33-25-9-4-3-6-22(25)19-30-14-10-27(11-15-30)12-16-31(17-13-27)26(32)29-24-8-5-7-23(28)18-24/h3-9,18,21H,10-17,19-20H2,1-2H3,(H,29,32). The zero-order chi connectivity index (χ0) is 23.3. The van der Waals surface area contributed by atoms with Crippen LogP contribution in [-0.4, -0.2) is 48.6 Å². The van der Waals surface area contributed by atoms with Crippen LogP contribution in [0.4, 0.5) is 10.5 Å². The summed E-state index contributed by atoms with van der Waals surface area (Å²) in [4.78, 5) is 17.2. The predicted octanol–water partition coefficient (Wildman–Crippen LogP) is 6.28. The minimum atomic E-state index is -0.0254.